The molecule has 1 heterocycles. The minimum Gasteiger partial charge on any atom is -0.139 e. The van der Waals surface area contributed by atoms with Gasteiger partial charge in [-0.1, -0.05) is 15.9 Å². The van der Waals surface area contributed by atoms with E-state index in [0.29, 0.717) is 4.08 Å². The quantitative estimate of drug-likeness (QED) is 0.654. The van der Waals surface area contributed by atoms with Crippen molar-refractivity contribution in [3.8, 4) is 0 Å². The van der Waals surface area contributed by atoms with E-state index >= 15 is 0 Å². The molecule has 0 bridgehead atoms. The van der Waals surface area contributed by atoms with Crippen molar-refractivity contribution in [2.45, 2.75) is 37.2 Å². The van der Waals surface area contributed by atoms with Gasteiger partial charge in [-0.25, -0.2) is 0 Å². The van der Waals surface area contributed by atoms with E-state index in [1.165, 1.54) is 46.4 Å². The number of rotatable bonds is 0. The van der Waals surface area contributed by atoms with E-state index in [1.807, 2.05) is 0 Å². The molecule has 3 heteroatoms. The van der Waals surface area contributed by atoms with Gasteiger partial charge >= 0.3 is 0 Å². The van der Waals surface area contributed by atoms with Gasteiger partial charge in [0.15, 0.2) is 0 Å². The third kappa shape index (κ3) is 1.89. The predicted octanol–water partition coefficient (Wildman–Crippen LogP) is 5.04. The van der Waals surface area contributed by atoms with Gasteiger partial charge in [0.1, 0.15) is 0 Å². The zero-order valence-electron chi connectivity index (χ0n) is 10.3. The number of fused-ring (bicyclic) bond motifs is 2. The lowest BCUT2D eigenvalue weighted by Crippen LogP contribution is -2.24. The highest BCUT2D eigenvalue weighted by molar-refractivity contribution is 9.10. The van der Waals surface area contributed by atoms with Gasteiger partial charge in [0, 0.05) is 16.0 Å². The molecule has 1 saturated heterocycles. The number of benzene rings is 1. The molecule has 0 saturated carbocycles. The second kappa shape index (κ2) is 4.50. The maximum Gasteiger partial charge on any atom is 0.0866 e. The molecule has 0 amide bonds. The van der Waals surface area contributed by atoms with E-state index < -0.39 is 0 Å². The Labute approximate surface area is 120 Å². The Morgan fingerprint density at radius 3 is 2.65 bits per heavy atom. The summed E-state index contributed by atoms with van der Waals surface area (Å²) in [5.74, 6) is 2.63. The average Bonchev–Trinajstić information content (AvgIpc) is 2.75. The summed E-state index contributed by atoms with van der Waals surface area (Å²) in [5, 5.41) is 0. The molecule has 92 valence electrons. The van der Waals surface area contributed by atoms with E-state index in [9.17, 15) is 0 Å². The SMILES string of the molecule is Cc1cc(Br)c(C)c2c1CCCC21SCCS1. The molecular weight excluding hydrogens is 312 g/mol. The first-order chi connectivity index (χ1) is 8.14. The second-order valence-electron chi connectivity index (χ2n) is 4.96. The van der Waals surface area contributed by atoms with Crippen LogP contribution >= 0.6 is 39.5 Å². The molecule has 0 atom stereocenters. The number of halogens is 1. The minimum atomic E-state index is 0.381. The molecule has 0 radical (unpaired) electrons. The molecular formula is C14H17BrS2. The largest absolute Gasteiger partial charge is 0.139 e. The molecule has 1 aliphatic heterocycles. The highest BCUT2D eigenvalue weighted by atomic mass is 79.9. The van der Waals surface area contributed by atoms with E-state index in [2.05, 4.69) is 59.4 Å². The van der Waals surface area contributed by atoms with Crippen molar-refractivity contribution in [1.29, 1.82) is 0 Å². The van der Waals surface area contributed by atoms with E-state index in [1.54, 1.807) is 11.1 Å². The van der Waals surface area contributed by atoms with Crippen molar-refractivity contribution in [1.82, 2.24) is 0 Å². The van der Waals surface area contributed by atoms with Crippen LogP contribution in [0, 0.1) is 13.8 Å². The van der Waals surface area contributed by atoms with E-state index in [0.717, 1.165) is 0 Å². The molecule has 0 unspecified atom stereocenters. The Morgan fingerprint density at radius 1 is 1.24 bits per heavy atom. The van der Waals surface area contributed by atoms with Gasteiger partial charge in [-0.2, -0.15) is 0 Å². The van der Waals surface area contributed by atoms with Gasteiger partial charge in [0.2, 0.25) is 0 Å². The summed E-state index contributed by atoms with van der Waals surface area (Å²) in [6.45, 7) is 4.56. The lowest BCUT2D eigenvalue weighted by atomic mass is 9.85. The van der Waals surface area contributed by atoms with Gasteiger partial charge in [0.25, 0.3) is 0 Å². The first-order valence-electron chi connectivity index (χ1n) is 6.21. The third-order valence-electron chi connectivity index (χ3n) is 3.92. The number of hydrogen-bond donors (Lipinski definition) is 0. The molecule has 1 fully saturated rings. The summed E-state index contributed by atoms with van der Waals surface area (Å²) in [6.07, 6.45) is 3.99. The fourth-order valence-electron chi connectivity index (χ4n) is 3.13. The topological polar surface area (TPSA) is 0 Å². The zero-order chi connectivity index (χ0) is 12.0. The molecule has 0 nitrogen and oxygen atoms in total. The zero-order valence-corrected chi connectivity index (χ0v) is 13.5. The lowest BCUT2D eigenvalue weighted by Gasteiger charge is -2.37. The van der Waals surface area contributed by atoms with Crippen LogP contribution < -0.4 is 0 Å². The smallest absolute Gasteiger partial charge is 0.0866 e. The maximum atomic E-state index is 3.74. The first kappa shape index (κ1) is 12.4. The molecule has 0 aromatic heterocycles. The predicted molar refractivity (Wildman–Crippen MR) is 83.1 cm³/mol. The van der Waals surface area contributed by atoms with Crippen LogP contribution in [0.3, 0.4) is 0 Å². The van der Waals surface area contributed by atoms with Crippen LogP contribution in [0.1, 0.15) is 35.1 Å². The maximum absolute atomic E-state index is 3.74. The minimum absolute atomic E-state index is 0.381. The molecule has 2 aliphatic rings. The van der Waals surface area contributed by atoms with Crippen LogP contribution in [-0.4, -0.2) is 11.5 Å². The van der Waals surface area contributed by atoms with Gasteiger partial charge in [0.05, 0.1) is 4.08 Å². The summed E-state index contributed by atoms with van der Waals surface area (Å²) in [7, 11) is 0. The van der Waals surface area contributed by atoms with E-state index in [-0.39, 0.29) is 0 Å². The normalized spacial score (nSPS) is 21.8. The molecule has 3 rings (SSSR count). The van der Waals surface area contributed by atoms with E-state index in [4.69, 9.17) is 0 Å². The summed E-state index contributed by atoms with van der Waals surface area (Å²) < 4.78 is 1.68. The summed E-state index contributed by atoms with van der Waals surface area (Å²) in [4.78, 5) is 0. The Hall–Kier alpha value is 0.400. The monoisotopic (exact) mass is 328 g/mol. The van der Waals surface area contributed by atoms with Gasteiger partial charge in [-0.05, 0) is 61.4 Å². The number of hydrogen-bond acceptors (Lipinski definition) is 2. The van der Waals surface area contributed by atoms with Gasteiger partial charge in [-0.15, -0.1) is 23.5 Å². The van der Waals surface area contributed by atoms with Crippen LogP contribution in [0.25, 0.3) is 0 Å². The van der Waals surface area contributed by atoms with Crippen molar-refractivity contribution >= 4 is 39.5 Å². The van der Waals surface area contributed by atoms with Crippen molar-refractivity contribution < 1.29 is 0 Å². The average molecular weight is 329 g/mol. The van der Waals surface area contributed by atoms with Crippen molar-refractivity contribution in [2.75, 3.05) is 11.5 Å². The molecule has 1 spiro atoms. The number of aryl methyl sites for hydroxylation is 1. The Balaban J connectivity index is 2.25. The molecule has 1 aromatic rings. The fraction of sp³-hybridized carbons (Fsp3) is 0.571. The summed E-state index contributed by atoms with van der Waals surface area (Å²) in [6, 6.07) is 2.30. The van der Waals surface area contributed by atoms with Crippen LogP contribution in [0.2, 0.25) is 0 Å². The van der Waals surface area contributed by atoms with Gasteiger partial charge < -0.3 is 0 Å². The fourth-order valence-corrected chi connectivity index (χ4v) is 7.25. The third-order valence-corrected chi connectivity index (χ3v) is 8.28. The summed E-state index contributed by atoms with van der Waals surface area (Å²) in [5.41, 5.74) is 6.25. The second-order valence-corrected chi connectivity index (χ2v) is 8.86. The van der Waals surface area contributed by atoms with Crippen LogP contribution in [0.15, 0.2) is 10.5 Å². The standard InChI is InChI=1S/C14H17BrS2/c1-9-8-12(15)10(2)13-11(9)4-3-5-14(13)16-6-7-17-14/h8H,3-7H2,1-2H3. The van der Waals surface area contributed by atoms with Gasteiger partial charge in [-0.3, -0.25) is 0 Å². The number of thioether (sulfide) groups is 2. The first-order valence-corrected chi connectivity index (χ1v) is 8.97. The Morgan fingerprint density at radius 2 is 1.94 bits per heavy atom. The summed E-state index contributed by atoms with van der Waals surface area (Å²) >= 11 is 8.10. The molecule has 1 aromatic carbocycles. The van der Waals surface area contributed by atoms with Crippen molar-refractivity contribution in [3.63, 3.8) is 0 Å². The van der Waals surface area contributed by atoms with Crippen LogP contribution in [-0.2, 0) is 10.5 Å². The Bertz CT molecular complexity index is 462. The molecule has 17 heavy (non-hydrogen) atoms. The van der Waals surface area contributed by atoms with Crippen molar-refractivity contribution in [3.05, 3.63) is 32.8 Å². The molecule has 0 N–H and O–H groups in total. The highest BCUT2D eigenvalue weighted by Gasteiger charge is 2.42. The lowest BCUT2D eigenvalue weighted by molar-refractivity contribution is 0.636. The van der Waals surface area contributed by atoms with Crippen molar-refractivity contribution in [2.24, 2.45) is 0 Å². The molecule has 1 aliphatic carbocycles. The van der Waals surface area contributed by atoms with Crippen LogP contribution in [0.4, 0.5) is 0 Å². The van der Waals surface area contributed by atoms with Crippen LogP contribution in [0.5, 0.6) is 0 Å². The highest BCUT2D eigenvalue weighted by Crippen LogP contribution is 2.59. The Kier molecular flexibility index (Phi) is 3.29.